The number of ketones is 1. The van der Waals surface area contributed by atoms with Crippen LogP contribution in [0.1, 0.15) is 46.5 Å². The van der Waals surface area contributed by atoms with E-state index in [1.165, 1.54) is 13.0 Å². The van der Waals surface area contributed by atoms with Gasteiger partial charge in [0.2, 0.25) is 0 Å². The van der Waals surface area contributed by atoms with E-state index in [4.69, 9.17) is 0 Å². The third-order valence-electron chi connectivity index (χ3n) is 3.74. The Hall–Kier alpha value is -2.03. The van der Waals surface area contributed by atoms with Crippen LogP contribution in [-0.2, 0) is 12.8 Å². The molecule has 0 unspecified atom stereocenters. The molecule has 0 fully saturated rings. The summed E-state index contributed by atoms with van der Waals surface area (Å²) in [5.74, 6) is -2.20. The standard InChI is InChI=1S/C18H18F2O/c1-4-12-7-8-14(10-13(12)5-2)18(21)16-15(19)9-6-11(3)17(16)20/h6-10H,4-5H2,1-3H3. The highest BCUT2D eigenvalue weighted by Gasteiger charge is 2.21. The van der Waals surface area contributed by atoms with E-state index in [2.05, 4.69) is 0 Å². The second-order valence-corrected chi connectivity index (χ2v) is 5.07. The van der Waals surface area contributed by atoms with Gasteiger partial charge >= 0.3 is 0 Å². The van der Waals surface area contributed by atoms with E-state index >= 15 is 0 Å². The van der Waals surface area contributed by atoms with Gasteiger partial charge < -0.3 is 0 Å². The highest BCUT2D eigenvalue weighted by atomic mass is 19.1. The van der Waals surface area contributed by atoms with Crippen molar-refractivity contribution in [2.75, 3.05) is 0 Å². The summed E-state index contributed by atoms with van der Waals surface area (Å²) >= 11 is 0. The number of aryl methyl sites for hydroxylation is 3. The predicted octanol–water partition coefficient (Wildman–Crippen LogP) is 4.63. The molecule has 0 N–H and O–H groups in total. The summed E-state index contributed by atoms with van der Waals surface area (Å²) in [6.07, 6.45) is 1.65. The quantitative estimate of drug-likeness (QED) is 0.750. The van der Waals surface area contributed by atoms with Gasteiger partial charge in [-0.05, 0) is 48.6 Å². The second-order valence-electron chi connectivity index (χ2n) is 5.07. The van der Waals surface area contributed by atoms with E-state index in [9.17, 15) is 13.6 Å². The summed E-state index contributed by atoms with van der Waals surface area (Å²) in [6.45, 7) is 5.55. The van der Waals surface area contributed by atoms with Gasteiger partial charge in [0.15, 0.2) is 5.78 Å². The minimum absolute atomic E-state index is 0.264. The van der Waals surface area contributed by atoms with Crippen LogP contribution in [0, 0.1) is 18.6 Å². The average Bonchev–Trinajstić information content (AvgIpc) is 2.50. The molecule has 2 aromatic rings. The van der Waals surface area contributed by atoms with E-state index in [-0.39, 0.29) is 5.56 Å². The van der Waals surface area contributed by atoms with Crippen LogP contribution in [0.15, 0.2) is 30.3 Å². The SMILES string of the molecule is CCc1ccc(C(=O)c2c(F)ccc(C)c2F)cc1CC. The van der Waals surface area contributed by atoms with Crippen LogP contribution in [-0.4, -0.2) is 5.78 Å². The molecule has 0 bridgehead atoms. The second kappa shape index (κ2) is 6.17. The molecule has 3 heteroatoms. The lowest BCUT2D eigenvalue weighted by Gasteiger charge is -2.10. The zero-order valence-electron chi connectivity index (χ0n) is 12.5. The number of benzene rings is 2. The first-order valence-corrected chi connectivity index (χ1v) is 7.10. The van der Waals surface area contributed by atoms with Gasteiger partial charge in [-0.2, -0.15) is 0 Å². The zero-order chi connectivity index (χ0) is 15.6. The molecule has 0 heterocycles. The van der Waals surface area contributed by atoms with Crippen LogP contribution < -0.4 is 0 Å². The van der Waals surface area contributed by atoms with Crippen molar-refractivity contribution in [1.82, 2.24) is 0 Å². The normalized spacial score (nSPS) is 10.7. The van der Waals surface area contributed by atoms with Crippen molar-refractivity contribution in [1.29, 1.82) is 0 Å². The fourth-order valence-electron chi connectivity index (χ4n) is 2.45. The van der Waals surface area contributed by atoms with Gasteiger partial charge in [0.1, 0.15) is 11.6 Å². The Balaban J connectivity index is 2.53. The van der Waals surface area contributed by atoms with Crippen molar-refractivity contribution in [3.05, 3.63) is 69.8 Å². The van der Waals surface area contributed by atoms with E-state index < -0.39 is 23.0 Å². The van der Waals surface area contributed by atoms with Gasteiger partial charge in [0, 0.05) is 5.56 Å². The molecular formula is C18H18F2O. The first-order valence-electron chi connectivity index (χ1n) is 7.10. The lowest BCUT2D eigenvalue weighted by molar-refractivity contribution is 0.103. The molecular weight excluding hydrogens is 270 g/mol. The molecule has 2 rings (SSSR count). The zero-order valence-corrected chi connectivity index (χ0v) is 12.5. The molecule has 0 amide bonds. The van der Waals surface area contributed by atoms with Gasteiger partial charge in [-0.1, -0.05) is 32.0 Å². The van der Waals surface area contributed by atoms with E-state index in [0.29, 0.717) is 5.56 Å². The van der Waals surface area contributed by atoms with Gasteiger partial charge in [-0.15, -0.1) is 0 Å². The topological polar surface area (TPSA) is 17.1 Å². The molecule has 0 aliphatic heterocycles. The Labute approximate surface area is 123 Å². The lowest BCUT2D eigenvalue weighted by Crippen LogP contribution is -2.09. The Kier molecular flexibility index (Phi) is 4.51. The van der Waals surface area contributed by atoms with Crippen molar-refractivity contribution in [2.24, 2.45) is 0 Å². The maximum atomic E-state index is 14.1. The summed E-state index contributed by atoms with van der Waals surface area (Å²) in [7, 11) is 0. The highest BCUT2D eigenvalue weighted by Crippen LogP contribution is 2.22. The van der Waals surface area contributed by atoms with Gasteiger partial charge in [-0.3, -0.25) is 4.79 Å². The molecule has 110 valence electrons. The maximum absolute atomic E-state index is 14.1. The minimum Gasteiger partial charge on any atom is -0.288 e. The van der Waals surface area contributed by atoms with Crippen LogP contribution in [0.5, 0.6) is 0 Å². The fourth-order valence-corrected chi connectivity index (χ4v) is 2.45. The van der Waals surface area contributed by atoms with Crippen molar-refractivity contribution in [2.45, 2.75) is 33.6 Å². The molecule has 0 atom stereocenters. The van der Waals surface area contributed by atoms with Crippen molar-refractivity contribution in [3.8, 4) is 0 Å². The van der Waals surface area contributed by atoms with Crippen LogP contribution in [0.4, 0.5) is 8.78 Å². The number of hydrogen-bond acceptors (Lipinski definition) is 1. The highest BCUT2D eigenvalue weighted by molar-refractivity contribution is 6.09. The molecule has 2 aromatic carbocycles. The smallest absolute Gasteiger partial charge is 0.198 e. The Morgan fingerprint density at radius 1 is 1.00 bits per heavy atom. The molecule has 1 nitrogen and oxygen atoms in total. The fraction of sp³-hybridized carbons (Fsp3) is 0.278. The molecule has 0 saturated carbocycles. The number of hydrogen-bond donors (Lipinski definition) is 0. The lowest BCUT2D eigenvalue weighted by atomic mass is 9.95. The molecule has 0 spiro atoms. The van der Waals surface area contributed by atoms with Gasteiger partial charge in [-0.25, -0.2) is 8.78 Å². The summed E-state index contributed by atoms with van der Waals surface area (Å²) < 4.78 is 27.9. The Morgan fingerprint density at radius 3 is 2.29 bits per heavy atom. The van der Waals surface area contributed by atoms with Crippen LogP contribution in [0.2, 0.25) is 0 Å². The first-order chi connectivity index (χ1) is 9.99. The van der Waals surface area contributed by atoms with Gasteiger partial charge in [0.05, 0.1) is 5.56 Å². The maximum Gasteiger partial charge on any atom is 0.198 e. The molecule has 0 aromatic heterocycles. The molecule has 0 saturated heterocycles. The monoisotopic (exact) mass is 288 g/mol. The van der Waals surface area contributed by atoms with Crippen molar-refractivity contribution >= 4 is 5.78 Å². The van der Waals surface area contributed by atoms with Crippen LogP contribution >= 0.6 is 0 Å². The summed E-state index contributed by atoms with van der Waals surface area (Å²) in [6, 6.07) is 7.70. The van der Waals surface area contributed by atoms with Crippen LogP contribution in [0.25, 0.3) is 0 Å². The molecule has 0 aliphatic carbocycles. The molecule has 21 heavy (non-hydrogen) atoms. The number of carbonyl (C=O) groups is 1. The summed E-state index contributed by atoms with van der Waals surface area (Å²) in [4.78, 5) is 12.4. The van der Waals surface area contributed by atoms with Crippen molar-refractivity contribution < 1.29 is 13.6 Å². The Bertz CT molecular complexity index is 690. The number of rotatable bonds is 4. The van der Waals surface area contributed by atoms with Crippen molar-refractivity contribution in [3.63, 3.8) is 0 Å². The third kappa shape index (κ3) is 2.87. The van der Waals surface area contributed by atoms with E-state index in [1.807, 2.05) is 19.9 Å². The number of halogens is 2. The van der Waals surface area contributed by atoms with E-state index in [1.54, 1.807) is 12.1 Å². The summed E-state index contributed by atoms with van der Waals surface area (Å²) in [5.41, 5.74) is 2.31. The average molecular weight is 288 g/mol. The molecule has 0 radical (unpaired) electrons. The number of carbonyl (C=O) groups excluding carboxylic acids is 1. The minimum atomic E-state index is -0.819. The third-order valence-corrected chi connectivity index (χ3v) is 3.74. The first kappa shape index (κ1) is 15.4. The van der Waals surface area contributed by atoms with Gasteiger partial charge in [0.25, 0.3) is 0 Å². The van der Waals surface area contributed by atoms with Crippen LogP contribution in [0.3, 0.4) is 0 Å². The van der Waals surface area contributed by atoms with E-state index in [0.717, 1.165) is 30.0 Å². The summed E-state index contributed by atoms with van der Waals surface area (Å²) in [5, 5.41) is 0. The predicted molar refractivity (Wildman–Crippen MR) is 79.7 cm³/mol. The largest absolute Gasteiger partial charge is 0.288 e. The Morgan fingerprint density at radius 2 is 1.67 bits per heavy atom. The molecule has 0 aliphatic rings.